The van der Waals surface area contributed by atoms with Crippen molar-refractivity contribution in [1.82, 2.24) is 4.98 Å². The first-order valence-corrected chi connectivity index (χ1v) is 12.4. The number of nitrogens with two attached hydrogens (primary N) is 1. The summed E-state index contributed by atoms with van der Waals surface area (Å²) in [5.41, 5.74) is 5.60. The van der Waals surface area contributed by atoms with E-state index in [1.165, 1.54) is 18.8 Å². The fraction of sp³-hybridized carbons (Fsp3) is 0.238. The number of amides is 1. The largest absolute Gasteiger partial charge is 0.386 e. The molecule has 1 unspecified atom stereocenters. The molecule has 0 saturated carbocycles. The highest BCUT2D eigenvalue weighted by Gasteiger charge is 2.21. The smallest absolute Gasteiger partial charge is 0.251 e. The Balaban J connectivity index is 1.96. The van der Waals surface area contributed by atoms with Gasteiger partial charge in [-0.3, -0.25) is 9.36 Å². The molecule has 0 fully saturated rings. The van der Waals surface area contributed by atoms with Crippen LogP contribution in [0.3, 0.4) is 0 Å². The molecule has 5 N–H and O–H groups in total. The lowest BCUT2D eigenvalue weighted by Crippen LogP contribution is -2.15. The summed E-state index contributed by atoms with van der Waals surface area (Å²) in [6, 6.07) is 10.9. The van der Waals surface area contributed by atoms with E-state index in [1.807, 2.05) is 0 Å². The van der Waals surface area contributed by atoms with Crippen molar-refractivity contribution in [3.8, 4) is 10.4 Å². The molecular weight excluding hydrogens is 440 g/mol. The van der Waals surface area contributed by atoms with Gasteiger partial charge in [0.05, 0.1) is 23.0 Å². The van der Waals surface area contributed by atoms with Gasteiger partial charge in [0.2, 0.25) is 7.37 Å². The van der Waals surface area contributed by atoms with Gasteiger partial charge >= 0.3 is 0 Å². The summed E-state index contributed by atoms with van der Waals surface area (Å²) in [4.78, 5) is 26.3. The topological polar surface area (TPSA) is 126 Å². The molecule has 0 spiro atoms. The maximum absolute atomic E-state index is 14.7. The third kappa shape index (κ3) is 5.77. The van der Waals surface area contributed by atoms with Crippen LogP contribution in [0.5, 0.6) is 0 Å². The van der Waals surface area contributed by atoms with Crippen molar-refractivity contribution >= 4 is 35.4 Å². The fourth-order valence-electron chi connectivity index (χ4n) is 2.95. The molecule has 3 rings (SSSR count). The zero-order chi connectivity index (χ0) is 23.0. The number of primary amides is 1. The molecule has 164 valence electrons. The van der Waals surface area contributed by atoms with E-state index in [2.05, 4.69) is 10.3 Å². The highest BCUT2D eigenvalue weighted by atomic mass is 32.1. The minimum atomic E-state index is -3.29. The molecule has 2 heterocycles. The Labute approximate surface area is 183 Å². The van der Waals surface area contributed by atoms with Crippen LogP contribution in [-0.2, 0) is 16.3 Å². The Hall–Kier alpha value is -2.58. The maximum Gasteiger partial charge on any atom is 0.251 e. The van der Waals surface area contributed by atoms with E-state index in [9.17, 15) is 23.7 Å². The highest BCUT2D eigenvalue weighted by Crippen LogP contribution is 2.40. The number of hydrogen-bond acceptors (Lipinski definition) is 6. The lowest BCUT2D eigenvalue weighted by atomic mass is 9.96. The number of carbonyl (C=O) groups is 1. The second kappa shape index (κ2) is 8.51. The Kier molecular flexibility index (Phi) is 6.34. The van der Waals surface area contributed by atoms with Gasteiger partial charge in [-0.05, 0) is 43.7 Å². The second-order valence-electron chi connectivity index (χ2n) is 7.82. The molecule has 3 aromatic rings. The number of aliphatic hydroxyl groups is 1. The van der Waals surface area contributed by atoms with E-state index in [1.54, 1.807) is 44.2 Å². The Bertz CT molecular complexity index is 1180. The molecular formula is C21H23FN3O4PS. The Morgan fingerprint density at radius 3 is 2.58 bits per heavy atom. The number of aromatic nitrogens is 1. The lowest BCUT2D eigenvalue weighted by molar-refractivity contribution is 0.0782. The van der Waals surface area contributed by atoms with E-state index in [0.717, 1.165) is 11.3 Å². The van der Waals surface area contributed by atoms with Gasteiger partial charge in [0.15, 0.2) is 0 Å². The minimum Gasteiger partial charge on any atom is -0.386 e. The van der Waals surface area contributed by atoms with Crippen LogP contribution < -0.4 is 11.1 Å². The molecule has 1 atom stereocenters. The van der Waals surface area contributed by atoms with Crippen molar-refractivity contribution in [3.63, 3.8) is 0 Å². The zero-order valence-electron chi connectivity index (χ0n) is 17.2. The summed E-state index contributed by atoms with van der Waals surface area (Å²) in [6.45, 7) is 4.38. The zero-order valence-corrected chi connectivity index (χ0v) is 18.9. The van der Waals surface area contributed by atoms with E-state index in [-0.39, 0.29) is 17.3 Å². The van der Waals surface area contributed by atoms with Gasteiger partial charge < -0.3 is 21.1 Å². The van der Waals surface area contributed by atoms with Crippen molar-refractivity contribution in [2.24, 2.45) is 5.73 Å². The number of halogens is 1. The molecule has 7 nitrogen and oxygen atoms in total. The van der Waals surface area contributed by atoms with Gasteiger partial charge in [-0.25, -0.2) is 9.37 Å². The van der Waals surface area contributed by atoms with E-state index < -0.39 is 24.7 Å². The molecule has 0 aliphatic carbocycles. The molecule has 0 bridgehead atoms. The summed E-state index contributed by atoms with van der Waals surface area (Å²) >= 11 is 1.12. The minimum absolute atomic E-state index is 0.0837. The highest BCUT2D eigenvalue weighted by molar-refractivity contribution is 7.56. The van der Waals surface area contributed by atoms with Gasteiger partial charge in [-0.2, -0.15) is 0 Å². The van der Waals surface area contributed by atoms with Gasteiger partial charge in [0.25, 0.3) is 5.91 Å². The quantitative estimate of drug-likeness (QED) is 0.385. The standard InChI is InChI=1S/C21H23FN3O4PS/c1-21(2,27)12-7-8-14(16(22)9-12)17-10-15(19(23)26)20(31-17)25-18-6-4-5-13(24-18)11-30(3,28)29/h4-10,27H,11H2,1-3H3,(H2,23,26)(H,24,25)(H,28,29). The van der Waals surface area contributed by atoms with Gasteiger partial charge in [0.1, 0.15) is 16.6 Å². The normalized spacial score (nSPS) is 13.6. The number of benzene rings is 1. The molecule has 10 heteroatoms. The average molecular weight is 463 g/mol. The summed E-state index contributed by atoms with van der Waals surface area (Å²) in [5.74, 6) is -0.868. The summed E-state index contributed by atoms with van der Waals surface area (Å²) in [6.07, 6.45) is -0.0837. The van der Waals surface area contributed by atoms with Crippen molar-refractivity contribution in [1.29, 1.82) is 0 Å². The molecule has 2 aromatic heterocycles. The Morgan fingerprint density at radius 2 is 2.00 bits per heavy atom. The van der Waals surface area contributed by atoms with E-state index >= 15 is 0 Å². The van der Waals surface area contributed by atoms with Crippen LogP contribution in [0.25, 0.3) is 10.4 Å². The van der Waals surface area contributed by atoms with Gasteiger partial charge in [-0.15, -0.1) is 11.3 Å². The molecule has 0 aliphatic rings. The summed E-state index contributed by atoms with van der Waals surface area (Å²) in [5, 5.41) is 13.5. The summed E-state index contributed by atoms with van der Waals surface area (Å²) < 4.78 is 26.4. The van der Waals surface area contributed by atoms with Crippen molar-refractivity contribution in [3.05, 3.63) is 65.1 Å². The average Bonchev–Trinajstić information content (AvgIpc) is 3.03. The number of nitrogens with zero attached hydrogens (tertiary/aromatic N) is 1. The molecule has 1 aromatic carbocycles. The van der Waals surface area contributed by atoms with Gasteiger partial charge in [-0.1, -0.05) is 18.2 Å². The number of hydrogen-bond donors (Lipinski definition) is 4. The predicted molar refractivity (Wildman–Crippen MR) is 120 cm³/mol. The van der Waals surface area contributed by atoms with Crippen LogP contribution in [0.4, 0.5) is 15.2 Å². The lowest BCUT2D eigenvalue weighted by Gasteiger charge is -2.18. The predicted octanol–water partition coefficient (Wildman–Crippen LogP) is 4.42. The SMILES string of the molecule is CC(C)(O)c1ccc(-c2cc(C(N)=O)c(Nc3cccc(CP(C)(=O)O)n3)s2)c(F)c1. The van der Waals surface area contributed by atoms with E-state index in [0.29, 0.717) is 27.0 Å². The summed E-state index contributed by atoms with van der Waals surface area (Å²) in [7, 11) is -3.29. The van der Waals surface area contributed by atoms with Crippen LogP contribution in [0.1, 0.15) is 35.5 Å². The molecule has 0 aliphatic heterocycles. The van der Waals surface area contributed by atoms with Crippen LogP contribution in [0.15, 0.2) is 42.5 Å². The Morgan fingerprint density at radius 1 is 1.29 bits per heavy atom. The third-order valence-electron chi connectivity index (χ3n) is 4.44. The van der Waals surface area contributed by atoms with Gasteiger partial charge in [0, 0.05) is 17.1 Å². The van der Waals surface area contributed by atoms with Crippen LogP contribution >= 0.6 is 18.7 Å². The van der Waals surface area contributed by atoms with E-state index in [4.69, 9.17) is 5.73 Å². The molecule has 1 amide bonds. The van der Waals surface area contributed by atoms with Crippen LogP contribution in [0.2, 0.25) is 0 Å². The number of rotatable bonds is 7. The van der Waals surface area contributed by atoms with Crippen molar-refractivity contribution < 1.29 is 23.7 Å². The molecule has 31 heavy (non-hydrogen) atoms. The van der Waals surface area contributed by atoms with Crippen LogP contribution in [0, 0.1) is 5.82 Å². The first-order chi connectivity index (χ1) is 14.3. The monoisotopic (exact) mass is 463 g/mol. The molecule has 0 radical (unpaired) electrons. The van der Waals surface area contributed by atoms with Crippen molar-refractivity contribution in [2.75, 3.05) is 12.0 Å². The first-order valence-electron chi connectivity index (χ1n) is 9.32. The number of thiophene rings is 1. The second-order valence-corrected chi connectivity index (χ2v) is 11.3. The third-order valence-corrected chi connectivity index (χ3v) is 6.44. The molecule has 0 saturated heterocycles. The fourth-order valence-corrected chi connectivity index (χ4v) is 4.82. The number of carbonyl (C=O) groups excluding carboxylic acids is 1. The number of anilines is 2. The number of nitrogens with one attached hydrogen (secondary N) is 1. The number of pyridine rings is 1. The van der Waals surface area contributed by atoms with Crippen LogP contribution in [-0.4, -0.2) is 27.6 Å². The maximum atomic E-state index is 14.7. The first kappa shape index (κ1) is 23.1. The van der Waals surface area contributed by atoms with Crippen molar-refractivity contribution in [2.45, 2.75) is 25.6 Å².